The van der Waals surface area contributed by atoms with Gasteiger partial charge in [-0.05, 0) is 15.7 Å². The second kappa shape index (κ2) is 3.99. The minimum atomic E-state index is -0.250. The summed E-state index contributed by atoms with van der Waals surface area (Å²) in [5, 5.41) is 2.78. The van der Waals surface area contributed by atoms with Crippen LogP contribution in [-0.4, -0.2) is 25.1 Å². The second-order valence-corrected chi connectivity index (χ2v) is 13.6. The van der Waals surface area contributed by atoms with E-state index in [1.54, 1.807) is 0 Å². The van der Waals surface area contributed by atoms with Crippen LogP contribution in [0.1, 0.15) is 41.5 Å². The molecule has 0 bridgehead atoms. The lowest BCUT2D eigenvalue weighted by Crippen LogP contribution is -2.28. The Morgan fingerprint density at radius 2 is 0.909 bits per heavy atom. The van der Waals surface area contributed by atoms with Crippen LogP contribution in [0.5, 0.6) is 0 Å². The second-order valence-electron chi connectivity index (χ2n) is 4.26. The maximum absolute atomic E-state index is 2.41. The molecular weight excluding hydrogens is 168 g/mol. The van der Waals surface area contributed by atoms with Crippen molar-refractivity contribution >= 4 is 18.9 Å². The third kappa shape index (κ3) is 2.25. The monoisotopic (exact) mass is 192 g/mol. The molecule has 0 saturated heterocycles. The van der Waals surface area contributed by atoms with Gasteiger partial charge in [0.15, 0.2) is 0 Å². The molecule has 0 aromatic carbocycles. The lowest BCUT2D eigenvalue weighted by Gasteiger charge is -2.48. The number of hydrogen-bond acceptors (Lipinski definition) is 0. The van der Waals surface area contributed by atoms with Crippen LogP contribution < -0.4 is 0 Å². The van der Waals surface area contributed by atoms with Crippen molar-refractivity contribution in [3.05, 3.63) is 0 Å². The van der Waals surface area contributed by atoms with E-state index in [0.29, 0.717) is 0 Å². The third-order valence-electron chi connectivity index (χ3n) is 3.05. The van der Waals surface area contributed by atoms with Gasteiger partial charge in [0, 0.05) is 9.39 Å². The first-order valence-electron chi connectivity index (χ1n) is 4.58. The van der Waals surface area contributed by atoms with Crippen molar-refractivity contribution in [3.8, 4) is 0 Å². The fourth-order valence-electron chi connectivity index (χ4n) is 1.63. The van der Waals surface area contributed by atoms with E-state index in [1.165, 1.54) is 9.39 Å². The van der Waals surface area contributed by atoms with Gasteiger partial charge in [0.05, 0.1) is 0 Å². The van der Waals surface area contributed by atoms with Crippen LogP contribution in [0.4, 0.5) is 0 Å². The molecule has 0 heterocycles. The third-order valence-corrected chi connectivity index (χ3v) is 17.6. The smallest absolute Gasteiger partial charge is 0.0498 e. The van der Waals surface area contributed by atoms with Crippen LogP contribution in [0.3, 0.4) is 0 Å². The number of rotatable bonds is 3. The van der Waals surface area contributed by atoms with Crippen LogP contribution in [0.2, 0.25) is 0 Å². The predicted molar refractivity (Wildman–Crippen MR) is 62.9 cm³/mol. The first-order valence-corrected chi connectivity index (χ1v) is 9.26. The lowest BCUT2D eigenvalue weighted by atomic mass is 10.5. The molecule has 0 aliphatic rings. The van der Waals surface area contributed by atoms with Gasteiger partial charge in [-0.3, -0.25) is 9.48 Å². The largest absolute Gasteiger partial charge is 0.255 e. The van der Waals surface area contributed by atoms with Gasteiger partial charge in [-0.25, -0.2) is 0 Å². The molecule has 2 heteroatoms. The molecule has 0 rings (SSSR count). The van der Waals surface area contributed by atoms with Gasteiger partial charge in [0.1, 0.15) is 0 Å². The van der Waals surface area contributed by atoms with E-state index in [0.717, 1.165) is 15.7 Å². The van der Waals surface area contributed by atoms with Crippen LogP contribution in [-0.2, 0) is 0 Å². The van der Waals surface area contributed by atoms with Crippen molar-refractivity contribution in [2.45, 2.75) is 57.3 Å². The minimum Gasteiger partial charge on any atom is -0.255 e. The van der Waals surface area contributed by atoms with Crippen LogP contribution >= 0.6 is 9.48 Å². The average molecular weight is 192 g/mol. The van der Waals surface area contributed by atoms with Crippen LogP contribution in [0.25, 0.3) is 0 Å². The van der Waals surface area contributed by atoms with E-state index in [1.807, 2.05) is 0 Å². The topological polar surface area (TPSA) is 0 Å². The molecule has 0 fully saturated rings. The summed E-state index contributed by atoms with van der Waals surface area (Å²) in [5.74, 6) is 0. The molecule has 0 aliphatic carbocycles. The van der Waals surface area contributed by atoms with Crippen molar-refractivity contribution in [3.63, 3.8) is 0 Å². The minimum absolute atomic E-state index is 0.250. The first kappa shape index (κ1) is 11.6. The highest BCUT2D eigenvalue weighted by atomic mass is 32.4. The van der Waals surface area contributed by atoms with Gasteiger partial charge >= 0.3 is 0 Å². The summed E-state index contributed by atoms with van der Waals surface area (Å²) in [6.45, 7) is 14.4. The first-order chi connectivity index (χ1) is 4.83. The fourth-order valence-corrected chi connectivity index (χ4v) is 4.90. The van der Waals surface area contributed by atoms with Crippen molar-refractivity contribution in [1.82, 2.24) is 0 Å². The SMILES string of the molecule is CC(C)S([SiH3])(C(C)C)C(C)C. The Morgan fingerprint density at radius 3 is 0.909 bits per heavy atom. The van der Waals surface area contributed by atoms with Crippen molar-refractivity contribution in [1.29, 1.82) is 0 Å². The summed E-state index contributed by atoms with van der Waals surface area (Å²) >= 11 is 0. The maximum Gasteiger partial charge on any atom is 0.0498 e. The molecule has 0 aromatic rings. The summed E-state index contributed by atoms with van der Waals surface area (Å²) in [6.07, 6.45) is 0. The molecular formula is C9H24SSi. The highest BCUT2D eigenvalue weighted by molar-refractivity contribution is 8.51. The van der Waals surface area contributed by atoms with Crippen LogP contribution in [0.15, 0.2) is 0 Å². The van der Waals surface area contributed by atoms with Crippen molar-refractivity contribution in [2.24, 2.45) is 0 Å². The van der Waals surface area contributed by atoms with Gasteiger partial charge < -0.3 is 0 Å². The molecule has 0 aliphatic heterocycles. The molecule has 0 unspecified atom stereocenters. The molecule has 0 nitrogen and oxygen atoms in total. The molecule has 70 valence electrons. The summed E-state index contributed by atoms with van der Waals surface area (Å²) < 4.78 is 0. The normalized spacial score (nSPS) is 15.4. The molecule has 0 saturated carbocycles. The van der Waals surface area contributed by atoms with E-state index in [2.05, 4.69) is 41.5 Å². The Balaban J connectivity index is 4.53. The van der Waals surface area contributed by atoms with E-state index in [9.17, 15) is 0 Å². The Bertz CT molecular complexity index is 97.0. The molecule has 11 heavy (non-hydrogen) atoms. The molecule has 0 amide bonds. The van der Waals surface area contributed by atoms with Crippen molar-refractivity contribution in [2.75, 3.05) is 0 Å². The zero-order valence-corrected chi connectivity index (χ0v) is 12.0. The van der Waals surface area contributed by atoms with Gasteiger partial charge in [-0.2, -0.15) is 0 Å². The summed E-state index contributed by atoms with van der Waals surface area (Å²) in [7, 11) is 1.16. The standard InChI is InChI=1S/C9H24SSi/c1-7(2)10(11,8(3)4)9(5)6/h7-9H,1-6,11H3. The fraction of sp³-hybridized carbons (Fsp3) is 1.00. The Labute approximate surface area is 76.5 Å². The summed E-state index contributed by atoms with van der Waals surface area (Å²) in [6, 6.07) is 0. The maximum atomic E-state index is 2.41. The van der Waals surface area contributed by atoms with Gasteiger partial charge in [0.25, 0.3) is 0 Å². The van der Waals surface area contributed by atoms with E-state index >= 15 is 0 Å². The van der Waals surface area contributed by atoms with E-state index in [-0.39, 0.29) is 9.48 Å². The lowest BCUT2D eigenvalue weighted by molar-refractivity contribution is 0.965. The van der Waals surface area contributed by atoms with E-state index < -0.39 is 0 Å². The van der Waals surface area contributed by atoms with Crippen molar-refractivity contribution < 1.29 is 0 Å². The molecule has 0 atom stereocenters. The van der Waals surface area contributed by atoms with Gasteiger partial charge in [-0.1, -0.05) is 41.5 Å². The predicted octanol–water partition coefficient (Wildman–Crippen LogP) is 2.30. The average Bonchev–Trinajstić information content (AvgIpc) is 1.84. The Morgan fingerprint density at radius 1 is 0.727 bits per heavy atom. The molecule has 0 aromatic heterocycles. The van der Waals surface area contributed by atoms with E-state index in [4.69, 9.17) is 0 Å². The molecule has 0 spiro atoms. The quantitative estimate of drug-likeness (QED) is 0.602. The highest BCUT2D eigenvalue weighted by Gasteiger charge is 2.28. The van der Waals surface area contributed by atoms with Gasteiger partial charge in [0.2, 0.25) is 0 Å². The van der Waals surface area contributed by atoms with Crippen LogP contribution in [0, 0.1) is 0 Å². The molecule has 0 radical (unpaired) electrons. The Hall–Kier alpha value is 0.567. The molecule has 0 N–H and O–H groups in total. The zero-order valence-electron chi connectivity index (χ0n) is 9.14. The summed E-state index contributed by atoms with van der Waals surface area (Å²) in [4.78, 5) is 0. The summed E-state index contributed by atoms with van der Waals surface area (Å²) in [5.41, 5.74) is 0. The highest BCUT2D eigenvalue weighted by Crippen LogP contribution is 2.55. The Kier molecular flexibility index (Phi) is 4.20. The van der Waals surface area contributed by atoms with Gasteiger partial charge in [-0.15, -0.1) is 0 Å². The zero-order chi connectivity index (χ0) is 9.23. The number of hydrogen-bond donors (Lipinski definition) is 0.